The van der Waals surface area contributed by atoms with Crippen molar-refractivity contribution < 1.29 is 4.39 Å². The zero-order chi connectivity index (χ0) is 21.5. The molecule has 9 nitrogen and oxygen atoms in total. The van der Waals surface area contributed by atoms with E-state index in [-0.39, 0.29) is 11.8 Å². The number of aromatic amines is 1. The summed E-state index contributed by atoms with van der Waals surface area (Å²) in [7, 11) is 0. The molecule has 0 unspecified atom stereocenters. The lowest BCUT2D eigenvalue weighted by Gasteiger charge is -2.09. The smallest absolute Gasteiger partial charge is 0.223 e. The standard InChI is InChI=1S/C21H18FN9/c1-11-9-14(22)4-5-15(11)13-3-6-17-28-20(27-16-7-8-24-30-16)18(31(17)10-13)19-25-12(2)26-21(23)29-19/h3-10H,1-2H3,(H2,24,27,30)(H2,23,25,26,29). The fraction of sp³-hybridized carbons (Fsp3) is 0.0952. The zero-order valence-electron chi connectivity index (χ0n) is 16.8. The summed E-state index contributed by atoms with van der Waals surface area (Å²) >= 11 is 0. The van der Waals surface area contributed by atoms with Crippen molar-refractivity contribution in [1.82, 2.24) is 34.5 Å². The van der Waals surface area contributed by atoms with E-state index in [0.717, 1.165) is 16.7 Å². The van der Waals surface area contributed by atoms with Gasteiger partial charge in [-0.05, 0) is 54.8 Å². The fourth-order valence-electron chi connectivity index (χ4n) is 3.52. The number of hydrogen-bond donors (Lipinski definition) is 3. The normalized spacial score (nSPS) is 11.2. The number of nitrogens with two attached hydrogens (primary N) is 1. The van der Waals surface area contributed by atoms with Crippen molar-refractivity contribution >= 4 is 23.2 Å². The predicted molar refractivity (Wildman–Crippen MR) is 115 cm³/mol. The van der Waals surface area contributed by atoms with E-state index in [9.17, 15) is 4.39 Å². The van der Waals surface area contributed by atoms with E-state index in [1.807, 2.05) is 29.7 Å². The lowest BCUT2D eigenvalue weighted by atomic mass is 10.0. The lowest BCUT2D eigenvalue weighted by molar-refractivity contribution is 0.627. The molecule has 154 valence electrons. The molecule has 0 radical (unpaired) electrons. The van der Waals surface area contributed by atoms with E-state index >= 15 is 0 Å². The van der Waals surface area contributed by atoms with Crippen LogP contribution in [-0.4, -0.2) is 34.5 Å². The first kappa shape index (κ1) is 18.7. The van der Waals surface area contributed by atoms with Crippen LogP contribution in [0.3, 0.4) is 0 Å². The van der Waals surface area contributed by atoms with E-state index in [2.05, 4.69) is 30.5 Å². The van der Waals surface area contributed by atoms with Crippen LogP contribution in [0.1, 0.15) is 11.4 Å². The third-order valence-corrected chi connectivity index (χ3v) is 4.85. The summed E-state index contributed by atoms with van der Waals surface area (Å²) in [5, 5.41) is 10.0. The van der Waals surface area contributed by atoms with Crippen LogP contribution in [0.4, 0.5) is 22.0 Å². The predicted octanol–water partition coefficient (Wildman–Crippen LogP) is 3.66. The van der Waals surface area contributed by atoms with Gasteiger partial charge in [-0.15, -0.1) is 0 Å². The van der Waals surface area contributed by atoms with E-state index < -0.39 is 0 Å². The number of anilines is 3. The molecule has 31 heavy (non-hydrogen) atoms. The maximum absolute atomic E-state index is 13.6. The number of imidazole rings is 1. The Morgan fingerprint density at radius 1 is 1.03 bits per heavy atom. The van der Waals surface area contributed by atoms with Crippen molar-refractivity contribution in [1.29, 1.82) is 0 Å². The Labute approximate surface area is 176 Å². The Balaban J connectivity index is 1.74. The molecular formula is C21H18FN9. The fourth-order valence-corrected chi connectivity index (χ4v) is 3.52. The van der Waals surface area contributed by atoms with Crippen LogP contribution in [0, 0.1) is 19.7 Å². The Bertz CT molecular complexity index is 1390. The van der Waals surface area contributed by atoms with Crippen molar-refractivity contribution in [3.63, 3.8) is 0 Å². The molecule has 0 saturated heterocycles. The van der Waals surface area contributed by atoms with Crippen LogP contribution in [-0.2, 0) is 0 Å². The van der Waals surface area contributed by atoms with E-state index in [0.29, 0.717) is 34.6 Å². The zero-order valence-corrected chi connectivity index (χ0v) is 16.8. The molecule has 5 aromatic rings. The molecule has 0 fully saturated rings. The van der Waals surface area contributed by atoms with Gasteiger partial charge in [-0.3, -0.25) is 9.50 Å². The number of aryl methyl sites for hydroxylation is 2. The minimum atomic E-state index is -0.271. The van der Waals surface area contributed by atoms with Crippen molar-refractivity contribution in [2.75, 3.05) is 11.1 Å². The second-order valence-corrected chi connectivity index (χ2v) is 7.07. The number of rotatable bonds is 4. The topological polar surface area (TPSA) is 123 Å². The highest BCUT2D eigenvalue weighted by Gasteiger charge is 2.19. The Kier molecular flexibility index (Phi) is 4.32. The number of H-pyrrole nitrogens is 1. The third-order valence-electron chi connectivity index (χ3n) is 4.85. The molecule has 0 atom stereocenters. The highest BCUT2D eigenvalue weighted by molar-refractivity contribution is 5.78. The quantitative estimate of drug-likeness (QED) is 0.409. The average Bonchev–Trinajstić information content (AvgIpc) is 3.34. The summed E-state index contributed by atoms with van der Waals surface area (Å²) in [5.74, 6) is 1.92. The van der Waals surface area contributed by atoms with Gasteiger partial charge in [0.15, 0.2) is 11.6 Å². The molecular weight excluding hydrogens is 397 g/mol. The van der Waals surface area contributed by atoms with Crippen molar-refractivity contribution in [2.24, 2.45) is 0 Å². The minimum Gasteiger partial charge on any atom is -0.368 e. The number of nitrogen functional groups attached to an aromatic ring is 1. The molecule has 0 aliphatic rings. The number of aromatic nitrogens is 7. The molecule has 4 aromatic heterocycles. The van der Waals surface area contributed by atoms with Crippen LogP contribution < -0.4 is 11.1 Å². The summed E-state index contributed by atoms with van der Waals surface area (Å²) < 4.78 is 15.5. The van der Waals surface area contributed by atoms with Gasteiger partial charge in [-0.25, -0.2) is 14.4 Å². The van der Waals surface area contributed by atoms with Crippen LogP contribution in [0.5, 0.6) is 0 Å². The van der Waals surface area contributed by atoms with Crippen LogP contribution in [0.2, 0.25) is 0 Å². The summed E-state index contributed by atoms with van der Waals surface area (Å²) in [6.07, 6.45) is 3.56. The molecule has 4 N–H and O–H groups in total. The molecule has 0 spiro atoms. The lowest BCUT2D eigenvalue weighted by Crippen LogP contribution is -2.05. The molecule has 0 bridgehead atoms. The second-order valence-electron chi connectivity index (χ2n) is 7.07. The van der Waals surface area contributed by atoms with Gasteiger partial charge in [0.2, 0.25) is 5.95 Å². The number of fused-ring (bicyclic) bond motifs is 1. The Morgan fingerprint density at radius 3 is 2.65 bits per heavy atom. The number of nitrogens with one attached hydrogen (secondary N) is 2. The van der Waals surface area contributed by atoms with E-state index in [1.54, 1.807) is 25.3 Å². The first-order valence-corrected chi connectivity index (χ1v) is 9.51. The number of halogens is 1. The van der Waals surface area contributed by atoms with E-state index in [4.69, 9.17) is 10.7 Å². The molecule has 0 saturated carbocycles. The van der Waals surface area contributed by atoms with Gasteiger partial charge in [-0.1, -0.05) is 6.07 Å². The van der Waals surface area contributed by atoms with E-state index in [1.165, 1.54) is 12.1 Å². The molecule has 0 amide bonds. The monoisotopic (exact) mass is 415 g/mol. The second kappa shape index (κ2) is 7.17. The third kappa shape index (κ3) is 3.44. The van der Waals surface area contributed by atoms with Gasteiger partial charge in [0.25, 0.3) is 0 Å². The van der Waals surface area contributed by atoms with Crippen molar-refractivity contribution in [2.45, 2.75) is 13.8 Å². The minimum absolute atomic E-state index is 0.121. The summed E-state index contributed by atoms with van der Waals surface area (Å²) in [4.78, 5) is 17.6. The Hall–Kier alpha value is -4.34. The van der Waals surface area contributed by atoms with Crippen molar-refractivity contribution in [3.05, 3.63) is 66.0 Å². The molecule has 4 heterocycles. The van der Waals surface area contributed by atoms with Crippen LogP contribution in [0.15, 0.2) is 48.8 Å². The first-order valence-electron chi connectivity index (χ1n) is 9.51. The maximum atomic E-state index is 13.6. The average molecular weight is 415 g/mol. The van der Waals surface area contributed by atoms with Gasteiger partial charge >= 0.3 is 0 Å². The summed E-state index contributed by atoms with van der Waals surface area (Å²) in [6, 6.07) is 10.3. The number of nitrogens with zero attached hydrogens (tertiary/aromatic N) is 6. The van der Waals surface area contributed by atoms with Gasteiger partial charge in [0.1, 0.15) is 28.8 Å². The van der Waals surface area contributed by atoms with Gasteiger partial charge in [-0.2, -0.15) is 15.1 Å². The maximum Gasteiger partial charge on any atom is 0.223 e. The van der Waals surface area contributed by atoms with Gasteiger partial charge in [0.05, 0.1) is 6.20 Å². The number of hydrogen-bond acceptors (Lipinski definition) is 7. The molecule has 0 aliphatic heterocycles. The Morgan fingerprint density at radius 2 is 1.90 bits per heavy atom. The van der Waals surface area contributed by atoms with Crippen LogP contribution >= 0.6 is 0 Å². The number of benzene rings is 1. The van der Waals surface area contributed by atoms with Crippen LogP contribution in [0.25, 0.3) is 28.3 Å². The summed E-state index contributed by atoms with van der Waals surface area (Å²) in [5.41, 5.74) is 9.82. The highest BCUT2D eigenvalue weighted by Crippen LogP contribution is 2.32. The van der Waals surface area contributed by atoms with Gasteiger partial charge in [0, 0.05) is 12.3 Å². The molecule has 5 rings (SSSR count). The molecule has 10 heteroatoms. The first-order chi connectivity index (χ1) is 15.0. The van der Waals surface area contributed by atoms with Gasteiger partial charge < -0.3 is 11.1 Å². The molecule has 1 aromatic carbocycles. The van der Waals surface area contributed by atoms with Crippen molar-refractivity contribution in [3.8, 4) is 22.6 Å². The molecule has 0 aliphatic carbocycles. The largest absolute Gasteiger partial charge is 0.368 e. The number of pyridine rings is 1. The SMILES string of the molecule is Cc1nc(N)nc(-c2c(Nc3ccn[nH]3)nc3ccc(-c4ccc(F)cc4C)cn23)n1. The summed E-state index contributed by atoms with van der Waals surface area (Å²) in [6.45, 7) is 3.62. The highest BCUT2D eigenvalue weighted by atomic mass is 19.1.